The summed E-state index contributed by atoms with van der Waals surface area (Å²) in [5.41, 5.74) is 6.54. The van der Waals surface area contributed by atoms with Crippen molar-refractivity contribution in [2.24, 2.45) is 5.73 Å². The van der Waals surface area contributed by atoms with Crippen LogP contribution in [0.1, 0.15) is 12.8 Å². The molecule has 0 saturated carbocycles. The highest BCUT2D eigenvalue weighted by Gasteiger charge is 2.27. The van der Waals surface area contributed by atoms with Crippen LogP contribution in [0.5, 0.6) is 0 Å². The van der Waals surface area contributed by atoms with Crippen molar-refractivity contribution in [3.63, 3.8) is 0 Å². The number of allylic oxidation sites excluding steroid dienone is 3. The van der Waals surface area contributed by atoms with Gasteiger partial charge in [-0.2, -0.15) is 4.31 Å². The Balaban J connectivity index is 2.96. The molecule has 0 spiro atoms. The molecule has 2 N–H and O–H groups in total. The van der Waals surface area contributed by atoms with E-state index in [0.29, 0.717) is 25.9 Å². The first kappa shape index (κ1) is 15.5. The zero-order valence-electron chi connectivity index (χ0n) is 11.1. The number of nitrogens with two attached hydrogens (primary N) is 1. The highest BCUT2D eigenvalue weighted by molar-refractivity contribution is 7.93. The number of sulfonamides is 1. The maximum atomic E-state index is 12.4. The van der Waals surface area contributed by atoms with Crippen LogP contribution in [0.4, 0.5) is 0 Å². The van der Waals surface area contributed by atoms with Crippen LogP contribution < -0.4 is 5.73 Å². The first-order valence-electron chi connectivity index (χ1n) is 5.92. The minimum absolute atomic E-state index is 0.111. The van der Waals surface area contributed by atoms with Crippen LogP contribution in [-0.4, -0.2) is 32.9 Å². The predicted molar refractivity (Wildman–Crippen MR) is 76.4 cm³/mol. The fraction of sp³-hybridized carbons (Fsp3) is 0.385. The SMILES string of the molecule is C=C/C(=C\C=C(/N)OC)S(=O)(=O)N1CCC(=C)CC1. The molecule has 0 aromatic carbocycles. The van der Waals surface area contributed by atoms with Crippen LogP contribution in [0.15, 0.2) is 47.7 Å². The number of piperidine rings is 1. The third kappa shape index (κ3) is 3.97. The molecule has 0 aromatic heterocycles. The third-order valence-electron chi connectivity index (χ3n) is 2.92. The van der Waals surface area contributed by atoms with Gasteiger partial charge in [0.2, 0.25) is 10.0 Å². The molecule has 1 heterocycles. The number of ether oxygens (including phenoxy) is 1. The molecule has 19 heavy (non-hydrogen) atoms. The smallest absolute Gasteiger partial charge is 0.243 e. The average Bonchev–Trinajstić information content (AvgIpc) is 2.39. The van der Waals surface area contributed by atoms with Gasteiger partial charge in [0, 0.05) is 13.1 Å². The summed E-state index contributed by atoms with van der Waals surface area (Å²) in [5.74, 6) is 0.140. The van der Waals surface area contributed by atoms with Gasteiger partial charge < -0.3 is 10.5 Å². The van der Waals surface area contributed by atoms with Gasteiger partial charge in [-0.3, -0.25) is 0 Å². The van der Waals surface area contributed by atoms with Crippen molar-refractivity contribution in [1.82, 2.24) is 4.31 Å². The molecule has 0 aromatic rings. The van der Waals surface area contributed by atoms with Crippen molar-refractivity contribution in [3.8, 4) is 0 Å². The van der Waals surface area contributed by atoms with Gasteiger partial charge >= 0.3 is 0 Å². The topological polar surface area (TPSA) is 72.6 Å². The number of hydrogen-bond acceptors (Lipinski definition) is 4. The van der Waals surface area contributed by atoms with E-state index in [0.717, 1.165) is 5.57 Å². The van der Waals surface area contributed by atoms with Gasteiger partial charge in [-0.1, -0.05) is 18.7 Å². The number of nitrogens with zero attached hydrogens (tertiary/aromatic N) is 1. The molecule has 0 bridgehead atoms. The molecular weight excluding hydrogens is 264 g/mol. The Hall–Kier alpha value is -1.53. The lowest BCUT2D eigenvalue weighted by molar-refractivity contribution is 0.287. The average molecular weight is 284 g/mol. The molecule has 1 rings (SSSR count). The van der Waals surface area contributed by atoms with Crippen LogP contribution in [-0.2, 0) is 14.8 Å². The largest absolute Gasteiger partial charge is 0.483 e. The first-order valence-corrected chi connectivity index (χ1v) is 7.36. The molecule has 106 valence electrons. The van der Waals surface area contributed by atoms with Crippen molar-refractivity contribution in [1.29, 1.82) is 0 Å². The molecule has 1 saturated heterocycles. The lowest BCUT2D eigenvalue weighted by Crippen LogP contribution is -2.36. The summed E-state index contributed by atoms with van der Waals surface area (Å²) in [6.45, 7) is 8.31. The van der Waals surface area contributed by atoms with E-state index in [1.807, 2.05) is 0 Å². The van der Waals surface area contributed by atoms with Crippen LogP contribution in [0.25, 0.3) is 0 Å². The Morgan fingerprint density at radius 1 is 1.37 bits per heavy atom. The molecule has 1 fully saturated rings. The van der Waals surface area contributed by atoms with Crippen molar-refractivity contribution in [2.75, 3.05) is 20.2 Å². The molecule has 1 aliphatic heterocycles. The van der Waals surface area contributed by atoms with Gasteiger partial charge in [-0.05, 0) is 31.1 Å². The fourth-order valence-corrected chi connectivity index (χ4v) is 3.10. The third-order valence-corrected chi connectivity index (χ3v) is 4.86. The summed E-state index contributed by atoms with van der Waals surface area (Å²) in [6.07, 6.45) is 5.49. The maximum Gasteiger partial charge on any atom is 0.243 e. The van der Waals surface area contributed by atoms with E-state index < -0.39 is 10.0 Å². The zero-order chi connectivity index (χ0) is 14.5. The van der Waals surface area contributed by atoms with E-state index in [1.54, 1.807) is 0 Å². The van der Waals surface area contributed by atoms with E-state index >= 15 is 0 Å². The predicted octanol–water partition coefficient (Wildman–Crippen LogP) is 1.48. The standard InChI is InChI=1S/C13H20N2O3S/c1-4-12(5-6-13(14)18-3)19(16,17)15-9-7-11(2)8-10-15/h4-6H,1-2,7-10,14H2,3H3/b12-5+,13-6+. The first-order chi connectivity index (χ1) is 8.91. The van der Waals surface area contributed by atoms with E-state index in [9.17, 15) is 8.42 Å². The van der Waals surface area contributed by atoms with Crippen molar-refractivity contribution in [2.45, 2.75) is 12.8 Å². The molecule has 5 nitrogen and oxygen atoms in total. The number of rotatable bonds is 5. The molecule has 0 amide bonds. The molecule has 0 atom stereocenters. The Kier molecular flexibility index (Phi) is 5.38. The molecule has 0 unspecified atom stereocenters. The summed E-state index contributed by atoms with van der Waals surface area (Å²) >= 11 is 0. The Bertz CT molecular complexity index is 508. The van der Waals surface area contributed by atoms with Gasteiger partial charge in [-0.15, -0.1) is 0 Å². The Morgan fingerprint density at radius 3 is 2.42 bits per heavy atom. The minimum Gasteiger partial charge on any atom is -0.483 e. The molecule has 6 heteroatoms. The van der Waals surface area contributed by atoms with Crippen LogP contribution in [0.3, 0.4) is 0 Å². The summed E-state index contributed by atoms with van der Waals surface area (Å²) in [7, 11) is -2.11. The monoisotopic (exact) mass is 284 g/mol. The lowest BCUT2D eigenvalue weighted by Gasteiger charge is -2.27. The van der Waals surface area contributed by atoms with E-state index in [4.69, 9.17) is 10.5 Å². The van der Waals surface area contributed by atoms with E-state index in [1.165, 1.54) is 29.6 Å². The molecule has 0 radical (unpaired) electrons. The van der Waals surface area contributed by atoms with Crippen LogP contribution in [0.2, 0.25) is 0 Å². The van der Waals surface area contributed by atoms with Gasteiger partial charge in [-0.25, -0.2) is 8.42 Å². The van der Waals surface area contributed by atoms with E-state index in [-0.39, 0.29) is 10.8 Å². The second kappa shape index (κ2) is 6.58. The van der Waals surface area contributed by atoms with E-state index in [2.05, 4.69) is 13.2 Å². The summed E-state index contributed by atoms with van der Waals surface area (Å²) in [5, 5.41) is 0. The molecule has 1 aliphatic rings. The maximum absolute atomic E-state index is 12.4. The van der Waals surface area contributed by atoms with Crippen LogP contribution in [0, 0.1) is 0 Å². The number of methoxy groups -OCH3 is 1. The van der Waals surface area contributed by atoms with Crippen molar-refractivity contribution >= 4 is 10.0 Å². The molecule has 0 aliphatic carbocycles. The minimum atomic E-state index is -3.52. The van der Waals surface area contributed by atoms with Gasteiger partial charge in [0.05, 0.1) is 12.0 Å². The summed E-state index contributed by atoms with van der Waals surface area (Å²) in [6, 6.07) is 0. The van der Waals surface area contributed by atoms with Gasteiger partial charge in [0.15, 0.2) is 5.88 Å². The summed E-state index contributed by atoms with van der Waals surface area (Å²) < 4.78 is 30.9. The second-order valence-electron chi connectivity index (χ2n) is 4.20. The normalized spacial score (nSPS) is 19.3. The highest BCUT2D eigenvalue weighted by Crippen LogP contribution is 2.22. The van der Waals surface area contributed by atoms with Crippen molar-refractivity contribution in [3.05, 3.63) is 47.7 Å². The van der Waals surface area contributed by atoms with Gasteiger partial charge in [0.1, 0.15) is 0 Å². The van der Waals surface area contributed by atoms with Crippen molar-refractivity contribution < 1.29 is 13.2 Å². The van der Waals surface area contributed by atoms with Crippen LogP contribution >= 0.6 is 0 Å². The van der Waals surface area contributed by atoms with Gasteiger partial charge in [0.25, 0.3) is 0 Å². The Morgan fingerprint density at radius 2 is 1.95 bits per heavy atom. The highest BCUT2D eigenvalue weighted by atomic mass is 32.2. The second-order valence-corrected chi connectivity index (χ2v) is 6.14. The quantitative estimate of drug-likeness (QED) is 0.471. The zero-order valence-corrected chi connectivity index (χ0v) is 11.9. The summed E-state index contributed by atoms with van der Waals surface area (Å²) in [4.78, 5) is 0.111. The number of hydrogen-bond donors (Lipinski definition) is 1. The molecular formula is C13H20N2O3S. The lowest BCUT2D eigenvalue weighted by atomic mass is 10.1. The Labute approximate surface area is 114 Å². The fourth-order valence-electron chi connectivity index (χ4n) is 1.68.